The van der Waals surface area contributed by atoms with E-state index in [2.05, 4.69) is 62.2 Å². The number of pyridine rings is 2. The van der Waals surface area contributed by atoms with Gasteiger partial charge >= 0.3 is 161 Å². The van der Waals surface area contributed by atoms with Gasteiger partial charge in [0.25, 0.3) is 0 Å². The summed E-state index contributed by atoms with van der Waals surface area (Å²) < 4.78 is 2.09. The van der Waals surface area contributed by atoms with E-state index in [1.54, 1.807) is 12.5 Å². The number of benzene rings is 1. The summed E-state index contributed by atoms with van der Waals surface area (Å²) in [5.41, 5.74) is 17.7. The van der Waals surface area contributed by atoms with Gasteiger partial charge in [-0.05, 0) is 25.1 Å². The minimum atomic E-state index is -0.623. The van der Waals surface area contributed by atoms with Crippen LogP contribution in [-0.2, 0) is 0 Å². The molecule has 0 bridgehead atoms. The Morgan fingerprint density at radius 2 is 1.89 bits per heavy atom. The zero-order valence-electron chi connectivity index (χ0n) is 20.2. The first-order chi connectivity index (χ1) is 17.0. The molecule has 0 spiro atoms. The van der Waals surface area contributed by atoms with E-state index in [-0.39, 0.29) is 0 Å². The molecule has 7 nitrogen and oxygen atoms in total. The van der Waals surface area contributed by atoms with E-state index in [9.17, 15) is 0 Å². The van der Waals surface area contributed by atoms with Crippen LogP contribution in [0.1, 0.15) is 24.4 Å². The van der Waals surface area contributed by atoms with Crippen LogP contribution in [0.4, 0.5) is 5.82 Å². The van der Waals surface area contributed by atoms with Crippen molar-refractivity contribution in [2.24, 2.45) is 5.92 Å². The molecule has 1 fully saturated rings. The number of hydrogen-bond donors (Lipinski definition) is 1. The number of aryl methyl sites for hydroxylation is 1. The van der Waals surface area contributed by atoms with Crippen LogP contribution >= 0.6 is 0 Å². The topological polar surface area (TPSA) is 95.4 Å². The molecule has 5 aromatic rings. The Kier molecular flexibility index (Phi) is 5.53. The van der Waals surface area contributed by atoms with Gasteiger partial charge in [0.1, 0.15) is 0 Å². The number of aromatic nitrogens is 6. The Balaban J connectivity index is 1.45. The summed E-state index contributed by atoms with van der Waals surface area (Å²) >= 11 is -0.623. The van der Waals surface area contributed by atoms with Crippen LogP contribution in [-0.4, -0.2) is 44.4 Å². The Labute approximate surface area is 209 Å². The van der Waals surface area contributed by atoms with Gasteiger partial charge < -0.3 is 0 Å². The quantitative estimate of drug-likeness (QED) is 0.296. The molecule has 0 radical (unpaired) electrons. The maximum absolute atomic E-state index is 6.37. The molecule has 1 aliphatic rings. The van der Waals surface area contributed by atoms with Gasteiger partial charge in [0, 0.05) is 6.20 Å². The molecule has 0 unspecified atom stereocenters. The van der Waals surface area contributed by atoms with Crippen LogP contribution in [0.25, 0.3) is 44.6 Å². The monoisotopic (exact) mass is 525 g/mol. The Morgan fingerprint density at radius 3 is 2.66 bits per heavy atom. The zero-order chi connectivity index (χ0) is 24.1. The van der Waals surface area contributed by atoms with E-state index < -0.39 is 14.7 Å². The van der Waals surface area contributed by atoms with E-state index in [0.29, 0.717) is 11.9 Å². The molecule has 0 amide bonds. The average Bonchev–Trinajstić information content (AvgIpc) is 3.21. The fourth-order valence-corrected chi connectivity index (χ4v) is 8.01. The third-order valence-corrected chi connectivity index (χ3v) is 9.53. The average molecular weight is 525 g/mol. The first-order valence-electron chi connectivity index (χ1n) is 11.9. The third kappa shape index (κ3) is 3.98. The first-order valence-corrected chi connectivity index (χ1v) is 17.0. The predicted molar refractivity (Wildman–Crippen MR) is 142 cm³/mol. The second-order valence-corrected chi connectivity index (χ2v) is 15.1. The van der Waals surface area contributed by atoms with Crippen molar-refractivity contribution in [2.75, 3.05) is 5.73 Å². The molecule has 6 rings (SSSR count). The van der Waals surface area contributed by atoms with E-state index in [4.69, 9.17) is 15.8 Å². The van der Waals surface area contributed by atoms with Gasteiger partial charge in [0.2, 0.25) is 0 Å². The second-order valence-electron chi connectivity index (χ2n) is 9.78. The van der Waals surface area contributed by atoms with Gasteiger partial charge in [-0.25, -0.2) is 0 Å². The molecule has 1 aliphatic carbocycles. The summed E-state index contributed by atoms with van der Waals surface area (Å²) in [6.07, 6.45) is 5.67. The van der Waals surface area contributed by atoms with Gasteiger partial charge in [-0.1, -0.05) is 6.07 Å². The molecule has 1 aromatic carbocycles. The molecule has 0 atom stereocenters. The molecule has 2 N–H and O–H groups in total. The van der Waals surface area contributed by atoms with Crippen molar-refractivity contribution in [3.63, 3.8) is 0 Å². The number of fused-ring (bicyclic) bond motifs is 2. The van der Waals surface area contributed by atoms with E-state index in [0.717, 1.165) is 56.1 Å². The second kappa shape index (κ2) is 8.72. The number of anilines is 1. The molecule has 176 valence electrons. The van der Waals surface area contributed by atoms with Crippen LogP contribution in [0.5, 0.6) is 0 Å². The summed E-state index contributed by atoms with van der Waals surface area (Å²) in [6, 6.07) is 14.7. The number of nitrogens with two attached hydrogens (primary N) is 1. The van der Waals surface area contributed by atoms with E-state index in [1.165, 1.54) is 18.1 Å². The van der Waals surface area contributed by atoms with Crippen LogP contribution in [0.15, 0.2) is 55.0 Å². The van der Waals surface area contributed by atoms with Crippen molar-refractivity contribution in [3.8, 4) is 22.6 Å². The van der Waals surface area contributed by atoms with Crippen molar-refractivity contribution in [3.05, 3.63) is 60.6 Å². The summed E-state index contributed by atoms with van der Waals surface area (Å²) in [5.74, 6) is 1.28. The van der Waals surface area contributed by atoms with Crippen LogP contribution in [0.2, 0.25) is 16.6 Å². The zero-order valence-corrected chi connectivity index (χ0v) is 22.1. The first kappa shape index (κ1) is 22.2. The molecular weight excluding hydrogens is 497 g/mol. The van der Waals surface area contributed by atoms with Gasteiger partial charge in [0.15, 0.2) is 0 Å². The molecule has 0 saturated heterocycles. The number of nitrogen functional groups attached to an aromatic ring is 1. The molecule has 1 saturated carbocycles. The predicted octanol–water partition coefficient (Wildman–Crippen LogP) is 5.70. The molecule has 4 aromatic heterocycles. The number of nitrogens with zero attached hydrogens (tertiary/aromatic N) is 6. The normalized spacial score (nSPS) is 17.8. The standard InChI is InChI=1S/C27H28AsN7/c1-16-10-23(21-6-4-5-9-30-21)33-22-13-18(7-8-20(16)22)25-24-26(29)31-15-32-27(24)35(34-25)19-11-17(12-19)14-28(2)3/h4-10,13,15,17,19H,11-12,14H2,1-3H3,(H2,29,31,32). The molecule has 0 aliphatic heterocycles. The fourth-order valence-electron chi connectivity index (χ4n) is 5.21. The molecule has 8 heteroatoms. The summed E-state index contributed by atoms with van der Waals surface area (Å²) in [5, 5.41) is 8.41. The van der Waals surface area contributed by atoms with Crippen molar-refractivity contribution < 1.29 is 0 Å². The summed E-state index contributed by atoms with van der Waals surface area (Å²) in [4.78, 5) is 18.3. The van der Waals surface area contributed by atoms with E-state index in [1.807, 2.05) is 18.2 Å². The van der Waals surface area contributed by atoms with Crippen LogP contribution in [0.3, 0.4) is 0 Å². The van der Waals surface area contributed by atoms with Crippen molar-refractivity contribution >= 4 is 42.4 Å². The Morgan fingerprint density at radius 1 is 1.03 bits per heavy atom. The third-order valence-electron chi connectivity index (χ3n) is 6.92. The van der Waals surface area contributed by atoms with Crippen LogP contribution in [0, 0.1) is 12.8 Å². The summed E-state index contributed by atoms with van der Waals surface area (Å²) in [6.45, 7) is 2.11. The van der Waals surface area contributed by atoms with Crippen molar-refractivity contribution in [1.29, 1.82) is 0 Å². The van der Waals surface area contributed by atoms with E-state index >= 15 is 0 Å². The Bertz CT molecular complexity index is 1540. The van der Waals surface area contributed by atoms with Crippen molar-refractivity contribution in [1.82, 2.24) is 29.7 Å². The van der Waals surface area contributed by atoms with Gasteiger partial charge in [-0.3, -0.25) is 4.98 Å². The summed E-state index contributed by atoms with van der Waals surface area (Å²) in [7, 11) is 0. The minimum absolute atomic E-state index is 0.371. The molecular formula is C27H28AsN7. The molecule has 4 heterocycles. The van der Waals surface area contributed by atoms with Gasteiger partial charge in [-0.2, -0.15) is 0 Å². The van der Waals surface area contributed by atoms with Gasteiger partial charge in [0.05, 0.1) is 5.69 Å². The molecule has 35 heavy (non-hydrogen) atoms. The number of rotatable bonds is 5. The van der Waals surface area contributed by atoms with Crippen molar-refractivity contribution in [2.45, 2.75) is 42.4 Å². The SMILES string of the molecule is Cc1cc(-c2ccccn2)nc2cc(-c3nn(C4CC(C[As](C)C)C4)c4ncnc(N)c34)ccc12. The van der Waals surface area contributed by atoms with Gasteiger partial charge in [-0.15, -0.1) is 0 Å². The maximum atomic E-state index is 6.37. The number of hydrogen-bond acceptors (Lipinski definition) is 6. The van der Waals surface area contributed by atoms with Crippen LogP contribution < -0.4 is 5.73 Å². The fraction of sp³-hybridized carbons (Fsp3) is 0.296. The Hall–Kier alpha value is -3.31.